The van der Waals surface area contributed by atoms with Crippen LogP contribution in [0.5, 0.6) is 0 Å². The highest BCUT2D eigenvalue weighted by Crippen LogP contribution is 2.30. The second kappa shape index (κ2) is 11.2. The predicted molar refractivity (Wildman–Crippen MR) is 121 cm³/mol. The average Bonchev–Trinajstić information content (AvgIpc) is 2.77. The molecule has 0 radical (unpaired) electrons. The SMILES string of the molecule is NS(=O)(=O)c1ccc(F)c([N+](=O)[O-])c1.NS(=O)(=O)c1ccc(NCC2(F)CCOCC2)c([N+](=O)[O-])c1. The van der Waals surface area contributed by atoms with Gasteiger partial charge in [-0.3, -0.25) is 20.2 Å². The zero-order chi connectivity index (χ0) is 27.3. The zero-order valence-electron chi connectivity index (χ0n) is 18.3. The molecular weight excluding hydrogens is 532 g/mol. The second-order valence-electron chi connectivity index (χ2n) is 7.51. The van der Waals surface area contributed by atoms with E-state index in [1.54, 1.807) is 0 Å². The second-order valence-corrected chi connectivity index (χ2v) is 10.6. The standard InChI is InChI=1S/C12H16FN3O5S.C6H5FN2O4S/c13-12(3-5-21-6-4-12)8-15-10-2-1-9(22(14,19)20)7-11(10)16(17)18;7-5-2-1-4(14(8,12)13)3-6(5)9(10)11/h1-2,7,15H,3-6,8H2,(H2,14,19,20);1-3H,(H2,8,12,13). The molecule has 0 amide bonds. The van der Waals surface area contributed by atoms with Crippen LogP contribution in [-0.4, -0.2) is 52.1 Å². The van der Waals surface area contributed by atoms with E-state index in [0.29, 0.717) is 25.3 Å². The molecule has 1 saturated heterocycles. The highest BCUT2D eigenvalue weighted by molar-refractivity contribution is 7.89. The lowest BCUT2D eigenvalue weighted by molar-refractivity contribution is -0.387. The average molecular weight is 554 g/mol. The maximum Gasteiger partial charge on any atom is 0.306 e. The molecular formula is C18H21F2N5O9S2. The molecule has 0 aliphatic carbocycles. The van der Waals surface area contributed by atoms with Crippen molar-refractivity contribution in [2.24, 2.45) is 10.3 Å². The van der Waals surface area contributed by atoms with Crippen molar-refractivity contribution in [3.8, 4) is 0 Å². The van der Waals surface area contributed by atoms with Gasteiger partial charge in [0.15, 0.2) is 0 Å². The minimum atomic E-state index is -4.05. The molecule has 0 unspecified atom stereocenters. The van der Waals surface area contributed by atoms with Gasteiger partial charge in [-0.25, -0.2) is 31.5 Å². The van der Waals surface area contributed by atoms with Crippen molar-refractivity contribution in [3.63, 3.8) is 0 Å². The number of nitrogens with one attached hydrogen (secondary N) is 1. The van der Waals surface area contributed by atoms with Crippen molar-refractivity contribution >= 4 is 37.1 Å². The highest BCUT2D eigenvalue weighted by atomic mass is 32.2. The van der Waals surface area contributed by atoms with E-state index < -0.39 is 57.6 Å². The smallest absolute Gasteiger partial charge is 0.306 e. The van der Waals surface area contributed by atoms with E-state index in [2.05, 4.69) is 5.32 Å². The van der Waals surface area contributed by atoms with Crippen LogP contribution < -0.4 is 15.6 Å². The fourth-order valence-corrected chi connectivity index (χ4v) is 4.03. The summed E-state index contributed by atoms with van der Waals surface area (Å²) in [5, 5.41) is 33.6. The van der Waals surface area contributed by atoms with E-state index in [4.69, 9.17) is 15.0 Å². The molecule has 14 nitrogen and oxygen atoms in total. The van der Waals surface area contributed by atoms with Gasteiger partial charge < -0.3 is 10.1 Å². The number of halogens is 2. The summed E-state index contributed by atoms with van der Waals surface area (Å²) < 4.78 is 76.2. The van der Waals surface area contributed by atoms with Crippen molar-refractivity contribution in [2.75, 3.05) is 25.1 Å². The topological polar surface area (TPSA) is 228 Å². The number of nitrogens with zero attached hydrogens (tertiary/aromatic N) is 2. The first-order valence-corrected chi connectivity index (χ1v) is 12.9. The fraction of sp³-hybridized carbons (Fsp3) is 0.333. The largest absolute Gasteiger partial charge is 0.381 e. The molecule has 3 rings (SSSR count). The molecule has 5 N–H and O–H groups in total. The molecule has 18 heteroatoms. The summed E-state index contributed by atoms with van der Waals surface area (Å²) in [6.07, 6.45) is 0.395. The number of sulfonamides is 2. The number of ether oxygens (including phenoxy) is 1. The number of hydrogen-bond donors (Lipinski definition) is 3. The number of nitrogens with two attached hydrogens (primary N) is 2. The first-order chi connectivity index (χ1) is 16.5. The zero-order valence-corrected chi connectivity index (χ0v) is 19.9. The van der Waals surface area contributed by atoms with Crippen LogP contribution in [0.25, 0.3) is 0 Å². The van der Waals surface area contributed by atoms with Gasteiger partial charge in [-0.15, -0.1) is 0 Å². The Balaban J connectivity index is 0.000000281. The Bertz CT molecular complexity index is 1370. The molecule has 1 heterocycles. The maximum atomic E-state index is 14.4. The predicted octanol–water partition coefficient (Wildman–Crippen LogP) is 1.55. The van der Waals surface area contributed by atoms with Gasteiger partial charge in [-0.2, -0.15) is 4.39 Å². The number of benzene rings is 2. The number of primary sulfonamides is 2. The van der Waals surface area contributed by atoms with Gasteiger partial charge in [-0.1, -0.05) is 0 Å². The van der Waals surface area contributed by atoms with E-state index in [1.165, 1.54) is 6.07 Å². The minimum Gasteiger partial charge on any atom is -0.381 e. The normalized spacial score (nSPS) is 15.3. The fourth-order valence-electron chi connectivity index (χ4n) is 2.97. The van der Waals surface area contributed by atoms with Crippen molar-refractivity contribution in [1.29, 1.82) is 0 Å². The molecule has 0 bridgehead atoms. The number of alkyl halides is 1. The van der Waals surface area contributed by atoms with Gasteiger partial charge in [-0.05, 0) is 24.3 Å². The first kappa shape index (κ1) is 28.9. The Hall–Kier alpha value is -3.32. The Labute approximate surface area is 203 Å². The molecule has 0 aromatic heterocycles. The quantitative estimate of drug-likeness (QED) is 0.331. The third kappa shape index (κ3) is 7.85. The highest BCUT2D eigenvalue weighted by Gasteiger charge is 2.33. The van der Waals surface area contributed by atoms with E-state index in [0.717, 1.165) is 18.2 Å². The maximum absolute atomic E-state index is 14.4. The van der Waals surface area contributed by atoms with Crippen molar-refractivity contribution < 1.29 is 40.2 Å². The minimum absolute atomic E-state index is 0.0425. The lowest BCUT2D eigenvalue weighted by Crippen LogP contribution is -2.38. The summed E-state index contributed by atoms with van der Waals surface area (Å²) >= 11 is 0. The molecule has 0 atom stereocenters. The molecule has 0 spiro atoms. The van der Waals surface area contributed by atoms with Crippen LogP contribution in [0.4, 0.5) is 25.8 Å². The monoisotopic (exact) mass is 553 g/mol. The molecule has 1 aliphatic rings. The third-order valence-corrected chi connectivity index (χ3v) is 6.74. The van der Waals surface area contributed by atoms with Crippen LogP contribution in [0.2, 0.25) is 0 Å². The molecule has 1 fully saturated rings. The number of hydrogen-bond acceptors (Lipinski definition) is 10. The van der Waals surface area contributed by atoms with Crippen LogP contribution in [-0.2, 0) is 24.8 Å². The summed E-state index contributed by atoms with van der Waals surface area (Å²) in [5.74, 6) is -1.11. The van der Waals surface area contributed by atoms with Crippen LogP contribution in [0.3, 0.4) is 0 Å². The van der Waals surface area contributed by atoms with Gasteiger partial charge in [0.2, 0.25) is 25.9 Å². The Morgan fingerprint density at radius 3 is 1.86 bits per heavy atom. The summed E-state index contributed by atoms with van der Waals surface area (Å²) in [6.45, 7) is 0.473. The van der Waals surface area contributed by atoms with Gasteiger partial charge in [0.05, 0.1) is 19.6 Å². The number of nitro groups is 2. The van der Waals surface area contributed by atoms with Crippen LogP contribution in [0.15, 0.2) is 46.2 Å². The van der Waals surface area contributed by atoms with Gasteiger partial charge >= 0.3 is 5.69 Å². The van der Waals surface area contributed by atoms with Gasteiger partial charge in [0.1, 0.15) is 11.4 Å². The van der Waals surface area contributed by atoms with Crippen LogP contribution >= 0.6 is 0 Å². The Morgan fingerprint density at radius 1 is 0.917 bits per heavy atom. The van der Waals surface area contributed by atoms with Crippen molar-refractivity contribution in [2.45, 2.75) is 28.3 Å². The van der Waals surface area contributed by atoms with Crippen LogP contribution in [0.1, 0.15) is 12.8 Å². The van der Waals surface area contributed by atoms with E-state index in [1.807, 2.05) is 0 Å². The van der Waals surface area contributed by atoms with E-state index >= 15 is 0 Å². The summed E-state index contributed by atoms with van der Waals surface area (Å²) in [7, 11) is -8.09. The molecule has 2 aromatic carbocycles. The van der Waals surface area contributed by atoms with E-state index in [9.17, 15) is 45.8 Å². The van der Waals surface area contributed by atoms with Crippen LogP contribution in [0, 0.1) is 26.0 Å². The molecule has 2 aromatic rings. The number of nitro benzene ring substituents is 2. The lowest BCUT2D eigenvalue weighted by Gasteiger charge is -2.29. The van der Waals surface area contributed by atoms with E-state index in [-0.39, 0.29) is 30.0 Å². The first-order valence-electron chi connectivity index (χ1n) is 9.82. The summed E-state index contributed by atoms with van der Waals surface area (Å²) in [6, 6.07) is 5.31. The van der Waals surface area contributed by atoms with Gasteiger partial charge in [0.25, 0.3) is 5.69 Å². The Morgan fingerprint density at radius 2 is 1.39 bits per heavy atom. The molecule has 1 aliphatic heterocycles. The van der Waals surface area contributed by atoms with Crippen molar-refractivity contribution in [1.82, 2.24) is 0 Å². The summed E-state index contributed by atoms with van der Waals surface area (Å²) in [4.78, 5) is 18.6. The van der Waals surface area contributed by atoms with Crippen molar-refractivity contribution in [3.05, 3.63) is 62.4 Å². The summed E-state index contributed by atoms with van der Waals surface area (Å²) in [5.41, 5.74) is -2.86. The van der Waals surface area contributed by atoms with Gasteiger partial charge in [0, 0.05) is 44.7 Å². The third-order valence-electron chi connectivity index (χ3n) is 4.92. The lowest BCUT2D eigenvalue weighted by atomic mass is 9.96. The molecule has 198 valence electrons. The molecule has 36 heavy (non-hydrogen) atoms. The molecule has 0 saturated carbocycles. The Kier molecular flexibility index (Phi) is 8.97. The number of rotatable bonds is 7. The number of anilines is 1.